The number of benzene rings is 1. The Hall–Kier alpha value is -2.04. The van der Waals surface area contributed by atoms with E-state index < -0.39 is 0 Å². The van der Waals surface area contributed by atoms with Crippen LogP contribution >= 0.6 is 0 Å². The molecule has 1 N–H and O–H groups in total. The SMILES string of the molecule is CC(=O)N1CCC(NC(=O)COc2ccc(C)cc2C)CC1. The van der Waals surface area contributed by atoms with E-state index in [1.807, 2.05) is 36.9 Å². The number of carbonyl (C=O) groups excluding carboxylic acids is 2. The Morgan fingerprint density at radius 2 is 1.95 bits per heavy atom. The fourth-order valence-electron chi connectivity index (χ4n) is 2.71. The van der Waals surface area contributed by atoms with Crippen LogP contribution in [-0.2, 0) is 9.59 Å². The van der Waals surface area contributed by atoms with E-state index in [4.69, 9.17) is 4.74 Å². The van der Waals surface area contributed by atoms with E-state index in [0.29, 0.717) is 13.1 Å². The molecule has 120 valence electrons. The first-order chi connectivity index (χ1) is 10.5. The van der Waals surface area contributed by atoms with Gasteiger partial charge >= 0.3 is 0 Å². The summed E-state index contributed by atoms with van der Waals surface area (Å²) in [6.45, 7) is 7.01. The highest BCUT2D eigenvalue weighted by atomic mass is 16.5. The predicted molar refractivity (Wildman–Crippen MR) is 84.8 cm³/mol. The van der Waals surface area contributed by atoms with Gasteiger partial charge in [0.15, 0.2) is 6.61 Å². The van der Waals surface area contributed by atoms with Crippen LogP contribution in [0.25, 0.3) is 0 Å². The molecule has 5 nitrogen and oxygen atoms in total. The summed E-state index contributed by atoms with van der Waals surface area (Å²) in [5, 5.41) is 2.98. The highest BCUT2D eigenvalue weighted by Crippen LogP contribution is 2.18. The van der Waals surface area contributed by atoms with Gasteiger partial charge in [0, 0.05) is 26.1 Å². The van der Waals surface area contributed by atoms with Gasteiger partial charge in [-0.15, -0.1) is 0 Å². The summed E-state index contributed by atoms with van der Waals surface area (Å²) in [5.74, 6) is 0.733. The van der Waals surface area contributed by atoms with E-state index in [0.717, 1.165) is 24.2 Å². The molecular formula is C17H24N2O3. The molecule has 0 saturated carbocycles. The Morgan fingerprint density at radius 3 is 2.55 bits per heavy atom. The summed E-state index contributed by atoms with van der Waals surface area (Å²) < 4.78 is 5.58. The zero-order chi connectivity index (χ0) is 16.1. The van der Waals surface area contributed by atoms with Crippen molar-refractivity contribution in [1.82, 2.24) is 10.2 Å². The van der Waals surface area contributed by atoms with Gasteiger partial charge in [-0.2, -0.15) is 0 Å². The second-order valence-corrected chi connectivity index (χ2v) is 5.91. The van der Waals surface area contributed by atoms with Crippen molar-refractivity contribution >= 4 is 11.8 Å². The van der Waals surface area contributed by atoms with Crippen molar-refractivity contribution in [1.29, 1.82) is 0 Å². The van der Waals surface area contributed by atoms with Gasteiger partial charge in [0.05, 0.1) is 0 Å². The second kappa shape index (κ2) is 7.29. The van der Waals surface area contributed by atoms with Crippen LogP contribution in [0.1, 0.15) is 30.9 Å². The van der Waals surface area contributed by atoms with Crippen LogP contribution in [0.4, 0.5) is 0 Å². The van der Waals surface area contributed by atoms with Gasteiger partial charge in [0.25, 0.3) is 5.91 Å². The van der Waals surface area contributed by atoms with Crippen molar-refractivity contribution in [3.05, 3.63) is 29.3 Å². The average molecular weight is 304 g/mol. The normalized spacial score (nSPS) is 15.5. The summed E-state index contributed by atoms with van der Waals surface area (Å²) in [6.07, 6.45) is 1.60. The van der Waals surface area contributed by atoms with Gasteiger partial charge in [-0.1, -0.05) is 17.7 Å². The maximum Gasteiger partial charge on any atom is 0.258 e. The van der Waals surface area contributed by atoms with E-state index in [2.05, 4.69) is 5.32 Å². The van der Waals surface area contributed by atoms with Crippen molar-refractivity contribution in [3.8, 4) is 5.75 Å². The van der Waals surface area contributed by atoms with E-state index in [-0.39, 0.29) is 24.5 Å². The Labute approximate surface area is 131 Å². The summed E-state index contributed by atoms with van der Waals surface area (Å²) in [5.41, 5.74) is 2.20. The summed E-state index contributed by atoms with van der Waals surface area (Å²) in [7, 11) is 0. The first kappa shape index (κ1) is 16.3. The van der Waals surface area contributed by atoms with Crippen LogP contribution in [0.15, 0.2) is 18.2 Å². The van der Waals surface area contributed by atoms with Crippen molar-refractivity contribution < 1.29 is 14.3 Å². The minimum atomic E-state index is -0.110. The molecular weight excluding hydrogens is 280 g/mol. The lowest BCUT2D eigenvalue weighted by atomic mass is 10.1. The zero-order valence-electron chi connectivity index (χ0n) is 13.5. The third kappa shape index (κ3) is 4.48. The Balaban J connectivity index is 1.75. The molecule has 0 atom stereocenters. The largest absolute Gasteiger partial charge is 0.484 e. The Bertz CT molecular complexity index is 549. The molecule has 1 aliphatic rings. The number of amides is 2. The molecule has 1 aliphatic heterocycles. The van der Waals surface area contributed by atoms with Crippen LogP contribution in [-0.4, -0.2) is 42.5 Å². The van der Waals surface area contributed by atoms with Gasteiger partial charge in [0.1, 0.15) is 5.75 Å². The number of ether oxygens (including phenoxy) is 1. The molecule has 1 heterocycles. The number of nitrogens with one attached hydrogen (secondary N) is 1. The van der Waals surface area contributed by atoms with Crippen LogP contribution in [0.2, 0.25) is 0 Å². The van der Waals surface area contributed by atoms with Gasteiger partial charge in [-0.05, 0) is 38.3 Å². The quantitative estimate of drug-likeness (QED) is 0.923. The molecule has 0 bridgehead atoms. The Morgan fingerprint density at radius 1 is 1.27 bits per heavy atom. The first-order valence-electron chi connectivity index (χ1n) is 7.70. The number of carbonyl (C=O) groups is 2. The van der Waals surface area contributed by atoms with Gasteiger partial charge in [-0.25, -0.2) is 0 Å². The van der Waals surface area contributed by atoms with Gasteiger partial charge in [-0.3, -0.25) is 9.59 Å². The number of likely N-dealkylation sites (tertiary alicyclic amines) is 1. The lowest BCUT2D eigenvalue weighted by molar-refractivity contribution is -0.130. The van der Waals surface area contributed by atoms with Crippen LogP contribution in [0, 0.1) is 13.8 Å². The lowest BCUT2D eigenvalue weighted by Gasteiger charge is -2.31. The van der Waals surface area contributed by atoms with Crippen molar-refractivity contribution in [2.24, 2.45) is 0 Å². The van der Waals surface area contributed by atoms with Crippen molar-refractivity contribution in [3.63, 3.8) is 0 Å². The molecule has 1 aromatic carbocycles. The molecule has 1 fully saturated rings. The molecule has 22 heavy (non-hydrogen) atoms. The van der Waals surface area contributed by atoms with E-state index in [9.17, 15) is 9.59 Å². The minimum absolute atomic E-state index is 0.0246. The molecule has 1 saturated heterocycles. The molecule has 0 aromatic heterocycles. The second-order valence-electron chi connectivity index (χ2n) is 5.91. The maximum absolute atomic E-state index is 12.0. The van der Waals surface area contributed by atoms with Crippen LogP contribution < -0.4 is 10.1 Å². The maximum atomic E-state index is 12.0. The lowest BCUT2D eigenvalue weighted by Crippen LogP contribution is -2.47. The standard InChI is InChI=1S/C17H24N2O3/c1-12-4-5-16(13(2)10-12)22-11-17(21)18-15-6-8-19(9-7-15)14(3)20/h4-5,10,15H,6-9,11H2,1-3H3,(H,18,21). The third-order valence-electron chi connectivity index (χ3n) is 3.99. The van der Waals surface area contributed by atoms with E-state index in [1.165, 1.54) is 5.56 Å². The van der Waals surface area contributed by atoms with Gasteiger partial charge < -0.3 is 15.0 Å². The molecule has 0 unspecified atom stereocenters. The fraction of sp³-hybridized carbons (Fsp3) is 0.529. The van der Waals surface area contributed by atoms with Gasteiger partial charge in [0.2, 0.25) is 5.91 Å². The molecule has 0 spiro atoms. The zero-order valence-corrected chi connectivity index (χ0v) is 13.5. The number of nitrogens with zero attached hydrogens (tertiary/aromatic N) is 1. The summed E-state index contributed by atoms with van der Waals surface area (Å²) in [6, 6.07) is 6.02. The predicted octanol–water partition coefficient (Wildman–Crippen LogP) is 1.81. The molecule has 0 radical (unpaired) electrons. The molecule has 1 aromatic rings. The fourth-order valence-corrected chi connectivity index (χ4v) is 2.71. The molecule has 5 heteroatoms. The van der Waals surface area contributed by atoms with Crippen LogP contribution in [0.5, 0.6) is 5.75 Å². The van der Waals surface area contributed by atoms with E-state index >= 15 is 0 Å². The molecule has 2 amide bonds. The van der Waals surface area contributed by atoms with Crippen LogP contribution in [0.3, 0.4) is 0 Å². The number of rotatable bonds is 4. The first-order valence-corrected chi connectivity index (χ1v) is 7.70. The van der Waals surface area contributed by atoms with E-state index in [1.54, 1.807) is 6.92 Å². The Kier molecular flexibility index (Phi) is 5.41. The smallest absolute Gasteiger partial charge is 0.258 e. The highest BCUT2D eigenvalue weighted by molar-refractivity contribution is 5.78. The number of hydrogen-bond acceptors (Lipinski definition) is 3. The third-order valence-corrected chi connectivity index (χ3v) is 3.99. The number of aryl methyl sites for hydroxylation is 2. The monoisotopic (exact) mass is 304 g/mol. The van der Waals surface area contributed by atoms with Crippen molar-refractivity contribution in [2.75, 3.05) is 19.7 Å². The minimum Gasteiger partial charge on any atom is -0.484 e. The summed E-state index contributed by atoms with van der Waals surface area (Å²) in [4.78, 5) is 25.0. The number of hydrogen-bond donors (Lipinski definition) is 1. The molecule has 2 rings (SSSR count). The highest BCUT2D eigenvalue weighted by Gasteiger charge is 2.21. The summed E-state index contributed by atoms with van der Waals surface area (Å²) >= 11 is 0. The molecule has 0 aliphatic carbocycles. The van der Waals surface area contributed by atoms with Crippen molar-refractivity contribution in [2.45, 2.75) is 39.7 Å². The topological polar surface area (TPSA) is 58.6 Å². The number of piperidine rings is 1. The average Bonchev–Trinajstić information content (AvgIpc) is 2.47.